The first-order valence-corrected chi connectivity index (χ1v) is 5.62. The van der Waals surface area contributed by atoms with Gasteiger partial charge in [0.15, 0.2) is 0 Å². The van der Waals surface area contributed by atoms with Crippen molar-refractivity contribution in [3.8, 4) is 0 Å². The number of halogens is 1. The van der Waals surface area contributed by atoms with E-state index in [0.29, 0.717) is 0 Å². The molecule has 1 saturated carbocycles. The van der Waals surface area contributed by atoms with Crippen LogP contribution in [0.15, 0.2) is 22.7 Å². The molecule has 1 aromatic rings. The van der Waals surface area contributed by atoms with Crippen LogP contribution in [0.4, 0.5) is 0 Å². The Hall–Kier alpha value is -0.300. The van der Waals surface area contributed by atoms with Crippen LogP contribution < -0.4 is 0 Å². The molecule has 0 unspecified atom stereocenters. The van der Waals surface area contributed by atoms with Gasteiger partial charge in [0.05, 0.1) is 0 Å². The zero-order valence-electron chi connectivity index (χ0n) is 8.60. The van der Waals surface area contributed by atoms with Gasteiger partial charge in [-0.1, -0.05) is 47.8 Å². The van der Waals surface area contributed by atoms with Gasteiger partial charge in [0, 0.05) is 4.47 Å². The second-order valence-electron chi connectivity index (χ2n) is 3.86. The first-order valence-electron chi connectivity index (χ1n) is 4.83. The molecule has 0 amide bonds. The minimum atomic E-state index is 1.08. The van der Waals surface area contributed by atoms with Crippen molar-refractivity contribution in [2.24, 2.45) is 5.92 Å². The van der Waals surface area contributed by atoms with Crippen LogP contribution in [0.3, 0.4) is 0 Å². The molecule has 0 aromatic heterocycles. The molecule has 13 heavy (non-hydrogen) atoms. The van der Waals surface area contributed by atoms with Crippen LogP contribution in [0.25, 0.3) is 0 Å². The van der Waals surface area contributed by atoms with E-state index in [1.165, 1.54) is 28.4 Å². The van der Waals surface area contributed by atoms with Crippen LogP contribution in [-0.4, -0.2) is 0 Å². The summed E-state index contributed by atoms with van der Waals surface area (Å²) in [7, 11) is 0. The molecule has 0 heterocycles. The Bertz CT molecular complexity index is 254. The van der Waals surface area contributed by atoms with Crippen LogP contribution in [0.1, 0.15) is 30.9 Å². The third-order valence-corrected chi connectivity index (χ3v) is 3.26. The van der Waals surface area contributed by atoms with Gasteiger partial charge in [0.1, 0.15) is 0 Å². The standard InChI is InChI=1S/C8H9Br.C4H8/c1-6-4-3-5-8(9)7(6)2;1-4-2-3-4/h3-5H,1-2H3;4H,2-3H2,1H3. The molecule has 1 aromatic carbocycles. The van der Waals surface area contributed by atoms with Crippen LogP contribution in [0.2, 0.25) is 0 Å². The van der Waals surface area contributed by atoms with Gasteiger partial charge in [0.25, 0.3) is 0 Å². The van der Waals surface area contributed by atoms with Crippen molar-refractivity contribution in [3.63, 3.8) is 0 Å². The number of benzene rings is 1. The van der Waals surface area contributed by atoms with E-state index >= 15 is 0 Å². The van der Waals surface area contributed by atoms with E-state index in [-0.39, 0.29) is 0 Å². The summed E-state index contributed by atoms with van der Waals surface area (Å²) in [6, 6.07) is 6.22. The molecular formula is C12H17Br. The van der Waals surface area contributed by atoms with Gasteiger partial charge in [-0.05, 0) is 37.0 Å². The highest BCUT2D eigenvalue weighted by molar-refractivity contribution is 9.10. The lowest BCUT2D eigenvalue weighted by atomic mass is 10.1. The monoisotopic (exact) mass is 240 g/mol. The lowest BCUT2D eigenvalue weighted by molar-refractivity contribution is 0.983. The number of aryl methyl sites for hydroxylation is 1. The fourth-order valence-electron chi connectivity index (χ4n) is 0.882. The van der Waals surface area contributed by atoms with Crippen LogP contribution in [0.5, 0.6) is 0 Å². The average Bonchev–Trinajstić information content (AvgIpc) is 2.84. The van der Waals surface area contributed by atoms with Crippen LogP contribution in [0, 0.1) is 19.8 Å². The largest absolute Gasteiger partial charge is 0.0625 e. The second kappa shape index (κ2) is 4.80. The van der Waals surface area contributed by atoms with Gasteiger partial charge in [-0.3, -0.25) is 0 Å². The predicted octanol–water partition coefficient (Wildman–Crippen LogP) is 4.48. The molecule has 1 aliphatic rings. The number of hydrogen-bond acceptors (Lipinski definition) is 0. The highest BCUT2D eigenvalue weighted by atomic mass is 79.9. The SMILES string of the molecule is CC1CC1.Cc1cccc(Br)c1C. The maximum Gasteiger partial charge on any atom is 0.0207 e. The molecule has 1 heteroatoms. The normalized spacial score (nSPS) is 14.8. The Morgan fingerprint density at radius 3 is 2.08 bits per heavy atom. The molecule has 2 rings (SSSR count). The van der Waals surface area contributed by atoms with E-state index in [1.807, 2.05) is 6.07 Å². The fourth-order valence-corrected chi connectivity index (χ4v) is 1.35. The van der Waals surface area contributed by atoms with Crippen molar-refractivity contribution < 1.29 is 0 Å². The van der Waals surface area contributed by atoms with Crippen molar-refractivity contribution in [1.29, 1.82) is 0 Å². The average molecular weight is 241 g/mol. The quantitative estimate of drug-likeness (QED) is 0.628. The summed E-state index contributed by atoms with van der Waals surface area (Å²) in [4.78, 5) is 0. The van der Waals surface area contributed by atoms with E-state index < -0.39 is 0 Å². The van der Waals surface area contributed by atoms with Gasteiger partial charge in [-0.15, -0.1) is 0 Å². The Morgan fingerprint density at radius 2 is 1.77 bits per heavy atom. The van der Waals surface area contributed by atoms with E-state index in [4.69, 9.17) is 0 Å². The topological polar surface area (TPSA) is 0 Å². The summed E-state index contributed by atoms with van der Waals surface area (Å²) in [5, 5.41) is 0. The van der Waals surface area contributed by atoms with Gasteiger partial charge in [-0.25, -0.2) is 0 Å². The van der Waals surface area contributed by atoms with Gasteiger partial charge in [-0.2, -0.15) is 0 Å². The van der Waals surface area contributed by atoms with Crippen LogP contribution >= 0.6 is 15.9 Å². The van der Waals surface area contributed by atoms with E-state index in [2.05, 4.69) is 48.8 Å². The highest BCUT2D eigenvalue weighted by Crippen LogP contribution is 2.26. The lowest BCUT2D eigenvalue weighted by Crippen LogP contribution is -1.79. The maximum atomic E-state index is 3.45. The molecule has 72 valence electrons. The minimum absolute atomic E-state index is 1.08. The van der Waals surface area contributed by atoms with Crippen molar-refractivity contribution >= 4 is 15.9 Å². The molecule has 0 radical (unpaired) electrons. The second-order valence-corrected chi connectivity index (χ2v) is 4.72. The Morgan fingerprint density at radius 1 is 1.23 bits per heavy atom. The zero-order chi connectivity index (χ0) is 9.84. The molecule has 0 saturated heterocycles. The molecule has 0 spiro atoms. The van der Waals surface area contributed by atoms with Crippen LogP contribution in [-0.2, 0) is 0 Å². The van der Waals surface area contributed by atoms with Crippen molar-refractivity contribution in [2.75, 3.05) is 0 Å². The van der Waals surface area contributed by atoms with Gasteiger partial charge in [0.2, 0.25) is 0 Å². The molecule has 1 fully saturated rings. The summed E-state index contributed by atoms with van der Waals surface area (Å²) in [6.07, 6.45) is 2.97. The molecular weight excluding hydrogens is 224 g/mol. The summed E-state index contributed by atoms with van der Waals surface area (Å²) >= 11 is 3.45. The van der Waals surface area contributed by atoms with E-state index in [0.717, 1.165) is 5.92 Å². The van der Waals surface area contributed by atoms with Crippen molar-refractivity contribution in [2.45, 2.75) is 33.6 Å². The predicted molar refractivity (Wildman–Crippen MR) is 62.0 cm³/mol. The first kappa shape index (κ1) is 10.8. The van der Waals surface area contributed by atoms with Crippen molar-refractivity contribution in [3.05, 3.63) is 33.8 Å². The molecule has 0 bridgehead atoms. The Kier molecular flexibility index (Phi) is 3.98. The first-order chi connectivity index (χ1) is 6.11. The lowest BCUT2D eigenvalue weighted by Gasteiger charge is -1.99. The minimum Gasteiger partial charge on any atom is -0.0625 e. The molecule has 0 nitrogen and oxygen atoms in total. The summed E-state index contributed by atoms with van der Waals surface area (Å²) in [5.74, 6) is 1.08. The molecule has 0 N–H and O–H groups in total. The maximum absolute atomic E-state index is 3.45. The van der Waals surface area contributed by atoms with E-state index in [9.17, 15) is 0 Å². The third-order valence-electron chi connectivity index (χ3n) is 2.40. The Balaban J connectivity index is 0.000000175. The Labute approximate surface area is 89.5 Å². The van der Waals surface area contributed by atoms with Crippen molar-refractivity contribution in [1.82, 2.24) is 0 Å². The highest BCUT2D eigenvalue weighted by Gasteiger charge is 2.12. The summed E-state index contributed by atoms with van der Waals surface area (Å²) < 4.78 is 1.20. The smallest absolute Gasteiger partial charge is 0.0207 e. The third kappa shape index (κ3) is 3.95. The van der Waals surface area contributed by atoms with Gasteiger partial charge < -0.3 is 0 Å². The molecule has 0 aliphatic heterocycles. The summed E-state index contributed by atoms with van der Waals surface area (Å²) in [6.45, 7) is 6.50. The number of hydrogen-bond donors (Lipinski definition) is 0. The zero-order valence-corrected chi connectivity index (χ0v) is 10.2. The number of rotatable bonds is 0. The van der Waals surface area contributed by atoms with Gasteiger partial charge >= 0.3 is 0 Å². The molecule has 1 aliphatic carbocycles. The summed E-state index contributed by atoms with van der Waals surface area (Å²) in [5.41, 5.74) is 2.67. The van der Waals surface area contributed by atoms with E-state index in [1.54, 1.807) is 0 Å². The molecule has 0 atom stereocenters. The fraction of sp³-hybridized carbons (Fsp3) is 0.500.